The fraction of sp³-hybridized carbons (Fsp3) is 0.500. The Hall–Kier alpha value is -0.520. The highest BCUT2D eigenvalue weighted by molar-refractivity contribution is 8.14. The lowest BCUT2D eigenvalue weighted by Crippen LogP contribution is -2.03. The van der Waals surface area contributed by atoms with Gasteiger partial charge < -0.3 is 4.74 Å². The molecule has 0 aliphatic carbocycles. The van der Waals surface area contributed by atoms with Crippen LogP contribution in [-0.2, 0) is 14.3 Å². The predicted octanol–water partition coefficient (Wildman–Crippen LogP) is 2.67. The van der Waals surface area contributed by atoms with Gasteiger partial charge in [-0.3, -0.25) is 9.59 Å². The first-order valence-electron chi connectivity index (χ1n) is 5.37. The van der Waals surface area contributed by atoms with Crippen LogP contribution in [0.5, 0.6) is 0 Å². The van der Waals surface area contributed by atoms with Crippen molar-refractivity contribution in [3.05, 3.63) is 24.3 Å². The maximum Gasteiger partial charge on any atom is 0.211 e. The van der Waals surface area contributed by atoms with E-state index in [-0.39, 0.29) is 10.2 Å². The summed E-state index contributed by atoms with van der Waals surface area (Å²) < 4.78 is 5.30. The Balaban J connectivity index is 3.30. The van der Waals surface area contributed by atoms with Crippen molar-refractivity contribution in [1.29, 1.82) is 0 Å². The molecule has 0 heterocycles. The van der Waals surface area contributed by atoms with Crippen molar-refractivity contribution in [2.24, 2.45) is 0 Å². The second-order valence-electron chi connectivity index (χ2n) is 2.95. The van der Waals surface area contributed by atoms with Gasteiger partial charge in [0.25, 0.3) is 0 Å². The molecule has 0 aromatic heterocycles. The van der Waals surface area contributed by atoms with Gasteiger partial charge in [0.15, 0.2) is 0 Å². The molecule has 96 valence electrons. The summed E-state index contributed by atoms with van der Waals surface area (Å²) >= 11 is 2.48. The van der Waals surface area contributed by atoms with Crippen LogP contribution in [0.2, 0.25) is 0 Å². The topological polar surface area (TPSA) is 43.4 Å². The molecule has 0 saturated carbocycles. The Labute approximate surface area is 111 Å². The van der Waals surface area contributed by atoms with Crippen LogP contribution in [-0.4, -0.2) is 35.0 Å². The van der Waals surface area contributed by atoms with Crippen LogP contribution in [0, 0.1) is 0 Å². The molecule has 0 aliphatic heterocycles. The molecule has 0 aliphatic rings. The van der Waals surface area contributed by atoms with Gasteiger partial charge in [0, 0.05) is 11.5 Å². The van der Waals surface area contributed by atoms with Crippen LogP contribution in [0.1, 0.15) is 13.8 Å². The molecule has 5 heteroatoms. The van der Waals surface area contributed by atoms with Crippen molar-refractivity contribution in [3.8, 4) is 0 Å². The molecule has 17 heavy (non-hydrogen) atoms. The Bertz CT molecular complexity index is 257. The Morgan fingerprint density at radius 2 is 1.35 bits per heavy atom. The van der Waals surface area contributed by atoms with Crippen molar-refractivity contribution < 1.29 is 14.3 Å². The molecular formula is C12H18O3S2. The maximum absolute atomic E-state index is 11.1. The zero-order valence-electron chi connectivity index (χ0n) is 10.2. The number of carbonyl (C=O) groups is 2. The van der Waals surface area contributed by atoms with Gasteiger partial charge in [-0.2, -0.15) is 0 Å². The number of allylic oxidation sites excluding steroid dienone is 2. The molecule has 0 aromatic rings. The largest absolute Gasteiger partial charge is 0.380 e. The van der Waals surface area contributed by atoms with Gasteiger partial charge >= 0.3 is 0 Å². The van der Waals surface area contributed by atoms with Gasteiger partial charge in [0.1, 0.15) is 0 Å². The van der Waals surface area contributed by atoms with E-state index in [0.29, 0.717) is 24.7 Å². The molecule has 0 rings (SSSR count). The predicted molar refractivity (Wildman–Crippen MR) is 75.4 cm³/mol. The normalized spacial score (nSPS) is 11.4. The Morgan fingerprint density at radius 3 is 1.71 bits per heavy atom. The monoisotopic (exact) mass is 274 g/mol. The maximum atomic E-state index is 11.1. The molecule has 0 fully saturated rings. The van der Waals surface area contributed by atoms with Gasteiger partial charge in [0.05, 0.1) is 13.2 Å². The number of rotatable bonds is 8. The molecule has 0 saturated heterocycles. The highest BCUT2D eigenvalue weighted by Crippen LogP contribution is 2.05. The number of ether oxygens (including phenoxy) is 1. The molecule has 0 atom stereocenters. The molecule has 0 bridgehead atoms. The molecule has 0 unspecified atom stereocenters. The number of carbonyl (C=O) groups excluding carboxylic acids is 2. The summed E-state index contributed by atoms with van der Waals surface area (Å²) in [7, 11) is 0. The van der Waals surface area contributed by atoms with Crippen LogP contribution in [0.25, 0.3) is 0 Å². The van der Waals surface area contributed by atoms with Crippen LogP contribution < -0.4 is 0 Å². The van der Waals surface area contributed by atoms with Crippen molar-refractivity contribution in [2.75, 3.05) is 24.7 Å². The first-order chi connectivity index (χ1) is 8.20. The summed E-state index contributed by atoms with van der Waals surface area (Å²) in [5.41, 5.74) is 0. The number of hydrogen-bond acceptors (Lipinski definition) is 5. The van der Waals surface area contributed by atoms with Crippen LogP contribution >= 0.6 is 23.5 Å². The highest BCUT2D eigenvalue weighted by atomic mass is 32.2. The van der Waals surface area contributed by atoms with E-state index < -0.39 is 0 Å². The fourth-order valence-electron chi connectivity index (χ4n) is 0.873. The summed E-state index contributed by atoms with van der Waals surface area (Å²) in [4.78, 5) is 22.1. The smallest absolute Gasteiger partial charge is 0.211 e. The second-order valence-corrected chi connectivity index (χ2v) is 5.15. The van der Waals surface area contributed by atoms with Crippen molar-refractivity contribution in [2.45, 2.75) is 13.8 Å². The summed E-state index contributed by atoms with van der Waals surface area (Å²) in [6.07, 6.45) is 6.52. The van der Waals surface area contributed by atoms with Crippen LogP contribution in [0.3, 0.4) is 0 Å². The summed E-state index contributed by atoms with van der Waals surface area (Å²) in [5.74, 6) is 1.30. The quantitative estimate of drug-likeness (QED) is 0.503. The van der Waals surface area contributed by atoms with Crippen molar-refractivity contribution in [3.63, 3.8) is 0 Å². The molecule has 0 radical (unpaired) electrons. The summed E-state index contributed by atoms with van der Waals surface area (Å²) in [6.45, 7) is 4.69. The van der Waals surface area contributed by atoms with E-state index in [2.05, 4.69) is 0 Å². The third kappa shape index (κ3) is 11.7. The minimum atomic E-state index is 0.0498. The summed E-state index contributed by atoms with van der Waals surface area (Å²) in [5, 5.41) is 0.0995. The molecular weight excluding hydrogens is 256 g/mol. The first kappa shape index (κ1) is 16.5. The SMILES string of the molecule is C/C=C/C(=O)SCCOCCSC(=O)/C=C/C. The Kier molecular flexibility index (Phi) is 11.6. The average Bonchev–Trinajstić information content (AvgIpc) is 2.28. The van der Waals surface area contributed by atoms with Crippen LogP contribution in [0.15, 0.2) is 24.3 Å². The van der Waals surface area contributed by atoms with E-state index in [1.165, 1.54) is 35.7 Å². The lowest BCUT2D eigenvalue weighted by Gasteiger charge is -2.01. The standard InChI is InChI=1S/C12H18O3S2/c1-3-5-11(13)16-9-7-15-8-10-17-12(14)6-4-2/h3-6H,7-10H2,1-2H3/b5-3+,6-4+. The molecule has 0 aromatic carbocycles. The molecule has 0 spiro atoms. The fourth-order valence-corrected chi connectivity index (χ4v) is 2.14. The average molecular weight is 274 g/mol. The molecule has 0 N–H and O–H groups in total. The van der Waals surface area contributed by atoms with Gasteiger partial charge in [-0.05, 0) is 26.0 Å². The van der Waals surface area contributed by atoms with E-state index in [9.17, 15) is 9.59 Å². The van der Waals surface area contributed by atoms with E-state index in [0.717, 1.165) is 0 Å². The van der Waals surface area contributed by atoms with E-state index >= 15 is 0 Å². The van der Waals surface area contributed by atoms with E-state index in [1.54, 1.807) is 12.2 Å². The van der Waals surface area contributed by atoms with Crippen molar-refractivity contribution in [1.82, 2.24) is 0 Å². The Morgan fingerprint density at radius 1 is 0.941 bits per heavy atom. The first-order valence-corrected chi connectivity index (χ1v) is 7.34. The molecule has 0 amide bonds. The van der Waals surface area contributed by atoms with E-state index in [4.69, 9.17) is 4.74 Å². The summed E-state index contributed by atoms with van der Waals surface area (Å²) in [6, 6.07) is 0. The molecule has 3 nitrogen and oxygen atoms in total. The minimum Gasteiger partial charge on any atom is -0.380 e. The lowest BCUT2D eigenvalue weighted by molar-refractivity contribution is -0.107. The number of hydrogen-bond donors (Lipinski definition) is 0. The third-order valence-electron chi connectivity index (χ3n) is 1.55. The van der Waals surface area contributed by atoms with Gasteiger partial charge in [-0.1, -0.05) is 35.7 Å². The van der Waals surface area contributed by atoms with Gasteiger partial charge in [-0.25, -0.2) is 0 Å². The third-order valence-corrected chi connectivity index (χ3v) is 3.13. The van der Waals surface area contributed by atoms with E-state index in [1.807, 2.05) is 13.8 Å². The minimum absolute atomic E-state index is 0.0498. The zero-order valence-corrected chi connectivity index (χ0v) is 11.8. The number of thioether (sulfide) groups is 2. The highest BCUT2D eigenvalue weighted by Gasteiger charge is 1.98. The lowest BCUT2D eigenvalue weighted by atomic mass is 10.6. The van der Waals surface area contributed by atoms with Crippen molar-refractivity contribution >= 4 is 33.8 Å². The zero-order chi connectivity index (χ0) is 12.9. The van der Waals surface area contributed by atoms with Gasteiger partial charge in [-0.15, -0.1) is 0 Å². The second kappa shape index (κ2) is 12.0. The van der Waals surface area contributed by atoms with Gasteiger partial charge in [0.2, 0.25) is 10.2 Å². The van der Waals surface area contributed by atoms with Crippen LogP contribution in [0.4, 0.5) is 0 Å².